The van der Waals surface area contributed by atoms with Crippen LogP contribution in [0.2, 0.25) is 0 Å². The van der Waals surface area contributed by atoms with Gasteiger partial charge in [-0.25, -0.2) is 0 Å². The number of aromatic nitrogens is 2. The van der Waals surface area contributed by atoms with Crippen molar-refractivity contribution in [1.82, 2.24) is 9.78 Å². The molecule has 2 rings (SSSR count). The van der Waals surface area contributed by atoms with E-state index in [0.717, 1.165) is 12.8 Å². The minimum Gasteiger partial charge on any atom is -0.325 e. The fourth-order valence-electron chi connectivity index (χ4n) is 2.79. The van der Waals surface area contributed by atoms with Crippen molar-refractivity contribution in [2.75, 3.05) is 0 Å². The van der Waals surface area contributed by atoms with Crippen LogP contribution in [0.4, 0.5) is 0 Å². The van der Waals surface area contributed by atoms with Gasteiger partial charge in [0.1, 0.15) is 0 Å². The first kappa shape index (κ1) is 11.6. The highest BCUT2D eigenvalue weighted by molar-refractivity contribution is 5.06. The molecule has 16 heavy (non-hydrogen) atoms. The molecule has 0 bridgehead atoms. The summed E-state index contributed by atoms with van der Waals surface area (Å²) in [5, 5.41) is 4.20. The molecule has 1 saturated carbocycles. The van der Waals surface area contributed by atoms with Gasteiger partial charge in [-0.1, -0.05) is 19.8 Å². The molecular weight excluding hydrogens is 198 g/mol. The number of rotatable bonds is 3. The zero-order chi connectivity index (χ0) is 11.6. The van der Waals surface area contributed by atoms with E-state index in [1.54, 1.807) is 0 Å². The molecule has 3 nitrogen and oxygen atoms in total. The van der Waals surface area contributed by atoms with Crippen LogP contribution in [0.25, 0.3) is 0 Å². The Morgan fingerprint density at radius 2 is 2.38 bits per heavy atom. The Bertz CT molecular complexity index is 345. The summed E-state index contributed by atoms with van der Waals surface area (Å²) in [6.45, 7) is 2.31. The summed E-state index contributed by atoms with van der Waals surface area (Å²) in [4.78, 5) is 0. The van der Waals surface area contributed by atoms with Crippen LogP contribution in [0.5, 0.6) is 0 Å². The Morgan fingerprint density at radius 3 is 3.00 bits per heavy atom. The van der Waals surface area contributed by atoms with Crippen LogP contribution in [0.15, 0.2) is 12.4 Å². The van der Waals surface area contributed by atoms with Crippen molar-refractivity contribution in [3.63, 3.8) is 0 Å². The lowest BCUT2D eigenvalue weighted by Crippen LogP contribution is -2.48. The van der Waals surface area contributed by atoms with Gasteiger partial charge in [0, 0.05) is 18.8 Å². The number of aryl methyl sites for hydroxylation is 2. The molecule has 1 heterocycles. The zero-order valence-corrected chi connectivity index (χ0v) is 10.4. The number of hydrogen-bond donors (Lipinski definition) is 1. The highest BCUT2D eigenvalue weighted by Gasteiger charge is 2.33. The van der Waals surface area contributed by atoms with Gasteiger partial charge in [0.05, 0.1) is 6.20 Å². The molecule has 1 aromatic heterocycles. The van der Waals surface area contributed by atoms with Crippen LogP contribution in [0, 0.1) is 5.92 Å². The maximum Gasteiger partial charge on any atom is 0.0521 e. The normalized spacial score (nSPS) is 30.6. The first-order valence-electron chi connectivity index (χ1n) is 6.36. The van der Waals surface area contributed by atoms with Gasteiger partial charge in [0.25, 0.3) is 0 Å². The SMILES string of the molecule is CC1CCCCC1(N)CCc1cnn(C)c1. The molecule has 90 valence electrons. The standard InChI is InChI=1S/C13H23N3/c1-11-5-3-4-7-13(11,14)8-6-12-9-15-16(2)10-12/h9-11H,3-8,14H2,1-2H3. The third kappa shape index (κ3) is 2.46. The number of nitrogens with zero attached hydrogens (tertiary/aromatic N) is 2. The molecule has 1 aromatic rings. The molecule has 2 atom stereocenters. The number of nitrogens with two attached hydrogens (primary N) is 1. The average molecular weight is 221 g/mol. The van der Waals surface area contributed by atoms with Crippen molar-refractivity contribution in [1.29, 1.82) is 0 Å². The van der Waals surface area contributed by atoms with Crippen molar-refractivity contribution in [3.05, 3.63) is 18.0 Å². The summed E-state index contributed by atoms with van der Waals surface area (Å²) in [5.41, 5.74) is 7.90. The molecule has 0 saturated heterocycles. The molecule has 0 radical (unpaired) electrons. The minimum atomic E-state index is 0.0636. The van der Waals surface area contributed by atoms with Gasteiger partial charge in [-0.3, -0.25) is 4.68 Å². The maximum atomic E-state index is 6.53. The molecule has 1 aliphatic rings. The van der Waals surface area contributed by atoms with Crippen LogP contribution in [-0.4, -0.2) is 15.3 Å². The van der Waals surface area contributed by atoms with Gasteiger partial charge < -0.3 is 5.73 Å². The van der Waals surface area contributed by atoms with Gasteiger partial charge in [-0.05, 0) is 37.2 Å². The largest absolute Gasteiger partial charge is 0.325 e. The van der Waals surface area contributed by atoms with Gasteiger partial charge in [-0.2, -0.15) is 5.10 Å². The van der Waals surface area contributed by atoms with Gasteiger partial charge in [0.15, 0.2) is 0 Å². The smallest absolute Gasteiger partial charge is 0.0521 e. The van der Waals surface area contributed by atoms with Crippen LogP contribution in [0.1, 0.15) is 44.6 Å². The van der Waals surface area contributed by atoms with Crippen molar-refractivity contribution in [2.24, 2.45) is 18.7 Å². The lowest BCUT2D eigenvalue weighted by atomic mass is 9.71. The third-order valence-electron chi connectivity index (χ3n) is 4.15. The highest BCUT2D eigenvalue weighted by Crippen LogP contribution is 2.34. The summed E-state index contributed by atoms with van der Waals surface area (Å²) < 4.78 is 1.86. The van der Waals surface area contributed by atoms with Crippen molar-refractivity contribution in [2.45, 2.75) is 51.0 Å². The maximum absolute atomic E-state index is 6.53. The third-order valence-corrected chi connectivity index (χ3v) is 4.15. The summed E-state index contributed by atoms with van der Waals surface area (Å²) in [7, 11) is 1.96. The van der Waals surface area contributed by atoms with Crippen LogP contribution in [-0.2, 0) is 13.5 Å². The second kappa shape index (κ2) is 4.58. The lowest BCUT2D eigenvalue weighted by molar-refractivity contribution is 0.192. The zero-order valence-electron chi connectivity index (χ0n) is 10.4. The van der Waals surface area contributed by atoms with Crippen molar-refractivity contribution >= 4 is 0 Å². The Kier molecular flexibility index (Phi) is 3.33. The Hall–Kier alpha value is -0.830. The molecule has 0 aromatic carbocycles. The van der Waals surface area contributed by atoms with E-state index in [-0.39, 0.29) is 5.54 Å². The van der Waals surface area contributed by atoms with E-state index in [2.05, 4.69) is 18.2 Å². The van der Waals surface area contributed by atoms with Crippen LogP contribution < -0.4 is 5.73 Å². The first-order valence-corrected chi connectivity index (χ1v) is 6.36. The summed E-state index contributed by atoms with van der Waals surface area (Å²) in [6, 6.07) is 0. The van der Waals surface area contributed by atoms with Crippen molar-refractivity contribution in [3.8, 4) is 0 Å². The predicted molar refractivity (Wildman–Crippen MR) is 66.1 cm³/mol. The van der Waals surface area contributed by atoms with E-state index >= 15 is 0 Å². The number of hydrogen-bond acceptors (Lipinski definition) is 2. The summed E-state index contributed by atoms with van der Waals surface area (Å²) in [5.74, 6) is 0.665. The minimum absolute atomic E-state index is 0.0636. The second-order valence-corrected chi connectivity index (χ2v) is 5.40. The fraction of sp³-hybridized carbons (Fsp3) is 0.769. The Morgan fingerprint density at radius 1 is 1.56 bits per heavy atom. The van der Waals surface area contributed by atoms with E-state index in [1.807, 2.05) is 17.9 Å². The van der Waals surface area contributed by atoms with Gasteiger partial charge >= 0.3 is 0 Å². The molecule has 1 fully saturated rings. The molecule has 3 heteroatoms. The second-order valence-electron chi connectivity index (χ2n) is 5.40. The molecule has 1 aliphatic carbocycles. The van der Waals surface area contributed by atoms with Crippen LogP contribution in [0.3, 0.4) is 0 Å². The Labute approximate surface area is 98.0 Å². The Balaban J connectivity index is 1.93. The molecule has 0 aliphatic heterocycles. The van der Waals surface area contributed by atoms with E-state index in [0.29, 0.717) is 5.92 Å². The van der Waals surface area contributed by atoms with Gasteiger partial charge in [-0.15, -0.1) is 0 Å². The van der Waals surface area contributed by atoms with Gasteiger partial charge in [0.2, 0.25) is 0 Å². The molecule has 2 unspecified atom stereocenters. The van der Waals surface area contributed by atoms with E-state index in [4.69, 9.17) is 5.73 Å². The van der Waals surface area contributed by atoms with E-state index in [9.17, 15) is 0 Å². The monoisotopic (exact) mass is 221 g/mol. The predicted octanol–water partition coefficient (Wildman–Crippen LogP) is 2.26. The molecular formula is C13H23N3. The lowest BCUT2D eigenvalue weighted by Gasteiger charge is -2.39. The quantitative estimate of drug-likeness (QED) is 0.851. The molecule has 2 N–H and O–H groups in total. The first-order chi connectivity index (χ1) is 7.60. The average Bonchev–Trinajstić information content (AvgIpc) is 2.67. The summed E-state index contributed by atoms with van der Waals surface area (Å²) >= 11 is 0. The molecule has 0 spiro atoms. The molecule has 0 amide bonds. The fourth-order valence-corrected chi connectivity index (χ4v) is 2.79. The highest BCUT2D eigenvalue weighted by atomic mass is 15.2. The topological polar surface area (TPSA) is 43.8 Å². The summed E-state index contributed by atoms with van der Waals surface area (Å²) in [6.07, 6.45) is 11.3. The van der Waals surface area contributed by atoms with Crippen molar-refractivity contribution < 1.29 is 0 Å². The van der Waals surface area contributed by atoms with E-state index < -0.39 is 0 Å². The van der Waals surface area contributed by atoms with Crippen LogP contribution >= 0.6 is 0 Å². The van der Waals surface area contributed by atoms with E-state index in [1.165, 1.54) is 31.2 Å².